The van der Waals surface area contributed by atoms with Gasteiger partial charge in [-0.3, -0.25) is 0 Å². The quantitative estimate of drug-likeness (QED) is 0.615. The van der Waals surface area contributed by atoms with Crippen molar-refractivity contribution in [1.29, 1.82) is 0 Å². The van der Waals surface area contributed by atoms with Crippen LogP contribution in [0.3, 0.4) is 0 Å². The number of rotatable bonds is 2. The predicted molar refractivity (Wildman–Crippen MR) is 54.4 cm³/mol. The van der Waals surface area contributed by atoms with E-state index >= 15 is 0 Å². The number of benzene rings is 1. The molecule has 0 fully saturated rings. The Kier molecular flexibility index (Phi) is 3.58. The summed E-state index contributed by atoms with van der Waals surface area (Å²) in [6.07, 6.45) is 1.36. The number of nitrogens with one attached hydrogen (secondary N) is 1. The summed E-state index contributed by atoms with van der Waals surface area (Å²) in [5.41, 5.74) is 7.45. The normalized spacial score (nSPS) is 10.4. The fraction of sp³-hybridized carbons (Fsp3) is 0. The summed E-state index contributed by atoms with van der Waals surface area (Å²) < 4.78 is 13.2. The molecule has 3 N–H and O–H groups in total. The van der Waals surface area contributed by atoms with Gasteiger partial charge in [-0.15, -0.1) is 0 Å². The Labute approximate surface area is 88.1 Å². The van der Waals surface area contributed by atoms with Crippen molar-refractivity contribution in [2.24, 2.45) is 10.8 Å². The fourth-order valence-electron chi connectivity index (χ4n) is 0.772. The van der Waals surface area contributed by atoms with E-state index in [2.05, 4.69) is 21.0 Å². The van der Waals surface area contributed by atoms with Crippen molar-refractivity contribution in [3.63, 3.8) is 0 Å². The second kappa shape index (κ2) is 4.71. The molecule has 0 radical (unpaired) electrons. The fourth-order valence-corrected chi connectivity index (χ4v) is 1.22. The van der Waals surface area contributed by atoms with Gasteiger partial charge in [0.05, 0.1) is 6.21 Å². The van der Waals surface area contributed by atoms with Gasteiger partial charge in [-0.1, -0.05) is 15.9 Å². The van der Waals surface area contributed by atoms with Gasteiger partial charge in [0, 0.05) is 10.0 Å². The molecule has 0 atom stereocenters. The summed E-state index contributed by atoms with van der Waals surface area (Å²) in [6, 6.07) is 3.35. The van der Waals surface area contributed by atoms with Crippen LogP contribution in [0.4, 0.5) is 9.18 Å². The first-order valence-corrected chi connectivity index (χ1v) is 4.42. The van der Waals surface area contributed by atoms with Crippen LogP contribution in [0.5, 0.6) is 0 Å². The van der Waals surface area contributed by atoms with Crippen molar-refractivity contribution >= 4 is 28.2 Å². The minimum atomic E-state index is -0.750. The van der Waals surface area contributed by atoms with E-state index in [0.29, 0.717) is 10.0 Å². The number of halogens is 2. The molecule has 14 heavy (non-hydrogen) atoms. The van der Waals surface area contributed by atoms with E-state index in [1.165, 1.54) is 24.4 Å². The van der Waals surface area contributed by atoms with E-state index in [0.717, 1.165) is 0 Å². The summed E-state index contributed by atoms with van der Waals surface area (Å²) in [5.74, 6) is -0.350. The van der Waals surface area contributed by atoms with Crippen molar-refractivity contribution in [1.82, 2.24) is 5.43 Å². The van der Waals surface area contributed by atoms with E-state index in [1.54, 1.807) is 0 Å². The first-order chi connectivity index (χ1) is 6.59. The largest absolute Gasteiger partial charge is 0.350 e. The highest BCUT2D eigenvalue weighted by atomic mass is 79.9. The number of nitrogens with zero attached hydrogens (tertiary/aromatic N) is 1. The number of hydrazone groups is 1. The van der Waals surface area contributed by atoms with Crippen molar-refractivity contribution in [2.45, 2.75) is 0 Å². The Morgan fingerprint density at radius 1 is 1.64 bits per heavy atom. The molecule has 0 bridgehead atoms. The summed E-state index contributed by atoms with van der Waals surface area (Å²) >= 11 is 3.14. The molecule has 0 saturated heterocycles. The minimum Gasteiger partial charge on any atom is -0.350 e. The summed E-state index contributed by atoms with van der Waals surface area (Å²) in [7, 11) is 0. The SMILES string of the molecule is NC(=O)N/N=C/c1ccc(F)cc1Br. The molecular formula is C8H7BrFN3O. The third-order valence-electron chi connectivity index (χ3n) is 1.34. The van der Waals surface area contributed by atoms with E-state index in [1.807, 2.05) is 5.43 Å². The minimum absolute atomic E-state index is 0.350. The first-order valence-electron chi connectivity index (χ1n) is 3.63. The van der Waals surface area contributed by atoms with Crippen LogP contribution in [0.2, 0.25) is 0 Å². The molecule has 4 nitrogen and oxygen atoms in total. The van der Waals surface area contributed by atoms with Crippen LogP contribution in [0.1, 0.15) is 5.56 Å². The Hall–Kier alpha value is -1.43. The molecule has 1 rings (SSSR count). The molecule has 0 aromatic heterocycles. The maximum Gasteiger partial charge on any atom is 0.332 e. The standard InChI is InChI=1S/C8H7BrFN3O/c9-7-3-6(10)2-1-5(7)4-12-13-8(11)14/h1-4H,(H3,11,13,14)/b12-4+. The molecule has 0 unspecified atom stereocenters. The van der Waals surface area contributed by atoms with Crippen LogP contribution in [0.15, 0.2) is 27.8 Å². The number of amides is 2. The van der Waals surface area contributed by atoms with Gasteiger partial charge in [0.25, 0.3) is 0 Å². The molecule has 0 heterocycles. The second-order valence-corrected chi connectivity index (χ2v) is 3.25. The third-order valence-corrected chi connectivity index (χ3v) is 2.03. The van der Waals surface area contributed by atoms with Gasteiger partial charge in [0.1, 0.15) is 5.82 Å². The monoisotopic (exact) mass is 259 g/mol. The lowest BCUT2D eigenvalue weighted by molar-refractivity contribution is 0.249. The Morgan fingerprint density at radius 2 is 2.36 bits per heavy atom. The van der Waals surface area contributed by atoms with Crippen LogP contribution in [0, 0.1) is 5.82 Å². The average molecular weight is 260 g/mol. The molecule has 0 aliphatic carbocycles. The van der Waals surface area contributed by atoms with Gasteiger partial charge < -0.3 is 5.73 Å². The molecule has 6 heteroatoms. The summed E-state index contributed by atoms with van der Waals surface area (Å²) in [5, 5.41) is 3.53. The lowest BCUT2D eigenvalue weighted by atomic mass is 10.2. The third kappa shape index (κ3) is 3.14. The molecule has 0 aliphatic rings. The number of primary amides is 1. The van der Waals surface area contributed by atoms with Crippen molar-refractivity contribution < 1.29 is 9.18 Å². The highest BCUT2D eigenvalue weighted by molar-refractivity contribution is 9.10. The van der Waals surface area contributed by atoms with Crippen LogP contribution >= 0.6 is 15.9 Å². The highest BCUT2D eigenvalue weighted by Gasteiger charge is 1.98. The lowest BCUT2D eigenvalue weighted by Crippen LogP contribution is -2.24. The number of hydrogen-bond donors (Lipinski definition) is 2. The first kappa shape index (κ1) is 10.6. The molecule has 74 valence electrons. The van der Waals surface area contributed by atoms with Gasteiger partial charge in [0.15, 0.2) is 0 Å². The molecule has 0 spiro atoms. The zero-order valence-corrected chi connectivity index (χ0v) is 8.58. The van der Waals surface area contributed by atoms with Crippen molar-refractivity contribution in [2.75, 3.05) is 0 Å². The maximum absolute atomic E-state index is 12.6. The van der Waals surface area contributed by atoms with Gasteiger partial charge in [0.2, 0.25) is 0 Å². The van der Waals surface area contributed by atoms with Crippen LogP contribution in [-0.2, 0) is 0 Å². The lowest BCUT2D eigenvalue weighted by Gasteiger charge is -1.97. The Balaban J connectivity index is 2.76. The maximum atomic E-state index is 12.6. The zero-order valence-electron chi connectivity index (χ0n) is 7.00. The smallest absolute Gasteiger partial charge is 0.332 e. The second-order valence-electron chi connectivity index (χ2n) is 2.40. The molecule has 0 saturated carbocycles. The van der Waals surface area contributed by atoms with Crippen LogP contribution in [0.25, 0.3) is 0 Å². The topological polar surface area (TPSA) is 67.5 Å². The van der Waals surface area contributed by atoms with E-state index in [-0.39, 0.29) is 5.82 Å². The van der Waals surface area contributed by atoms with Gasteiger partial charge >= 0.3 is 6.03 Å². The Morgan fingerprint density at radius 3 is 2.93 bits per heavy atom. The van der Waals surface area contributed by atoms with E-state index in [9.17, 15) is 9.18 Å². The zero-order chi connectivity index (χ0) is 10.6. The number of nitrogens with two attached hydrogens (primary N) is 1. The van der Waals surface area contributed by atoms with Gasteiger partial charge in [-0.25, -0.2) is 14.6 Å². The van der Waals surface area contributed by atoms with Crippen molar-refractivity contribution in [3.05, 3.63) is 34.1 Å². The Bertz CT molecular complexity index is 381. The number of urea groups is 1. The summed E-state index contributed by atoms with van der Waals surface area (Å²) in [4.78, 5) is 10.3. The molecule has 1 aromatic carbocycles. The molecule has 2 amide bonds. The number of hydrogen-bond acceptors (Lipinski definition) is 2. The van der Waals surface area contributed by atoms with Crippen LogP contribution < -0.4 is 11.2 Å². The van der Waals surface area contributed by atoms with Gasteiger partial charge in [-0.05, 0) is 18.2 Å². The predicted octanol–water partition coefficient (Wildman–Crippen LogP) is 1.59. The molecule has 1 aromatic rings. The van der Waals surface area contributed by atoms with E-state index < -0.39 is 6.03 Å². The highest BCUT2D eigenvalue weighted by Crippen LogP contribution is 2.15. The number of carbonyl (C=O) groups excluding carboxylic acids is 1. The summed E-state index contributed by atoms with van der Waals surface area (Å²) in [6.45, 7) is 0. The molecule has 0 aliphatic heterocycles. The average Bonchev–Trinajstić information content (AvgIpc) is 2.08. The van der Waals surface area contributed by atoms with E-state index in [4.69, 9.17) is 5.73 Å². The van der Waals surface area contributed by atoms with Gasteiger partial charge in [-0.2, -0.15) is 5.10 Å². The number of carbonyl (C=O) groups is 1. The molecular weight excluding hydrogens is 253 g/mol. The van der Waals surface area contributed by atoms with Crippen LogP contribution in [-0.4, -0.2) is 12.2 Å². The van der Waals surface area contributed by atoms with Crippen molar-refractivity contribution in [3.8, 4) is 0 Å².